The summed E-state index contributed by atoms with van der Waals surface area (Å²) in [7, 11) is 0. The first kappa shape index (κ1) is 17.4. The van der Waals surface area contributed by atoms with Crippen molar-refractivity contribution in [3.8, 4) is 0 Å². The molecule has 0 saturated heterocycles. The zero-order valence-corrected chi connectivity index (χ0v) is 14.4. The van der Waals surface area contributed by atoms with Gasteiger partial charge in [0, 0.05) is 36.0 Å². The maximum Gasteiger partial charge on any atom is 0.188 e. The van der Waals surface area contributed by atoms with Crippen molar-refractivity contribution in [3.63, 3.8) is 0 Å². The zero-order valence-electron chi connectivity index (χ0n) is 13.5. The molecule has 124 valence electrons. The van der Waals surface area contributed by atoms with Crippen LogP contribution >= 0.6 is 11.8 Å². The van der Waals surface area contributed by atoms with Gasteiger partial charge in [0.15, 0.2) is 5.96 Å². The van der Waals surface area contributed by atoms with E-state index in [-0.39, 0.29) is 0 Å². The molecule has 0 radical (unpaired) electrons. The van der Waals surface area contributed by atoms with Gasteiger partial charge in [-0.25, -0.2) is 4.98 Å². The van der Waals surface area contributed by atoms with Crippen LogP contribution in [-0.2, 0) is 12.2 Å². The highest BCUT2D eigenvalue weighted by molar-refractivity contribution is 7.98. The van der Waals surface area contributed by atoms with Crippen molar-refractivity contribution in [2.45, 2.75) is 31.6 Å². The molecule has 1 aromatic heterocycles. The summed E-state index contributed by atoms with van der Waals surface area (Å²) in [6.45, 7) is 2.85. The minimum Gasteiger partial charge on any atom is -0.370 e. The van der Waals surface area contributed by atoms with E-state index in [2.05, 4.69) is 51.5 Å². The van der Waals surface area contributed by atoms with E-state index in [1.165, 1.54) is 5.56 Å². The Kier molecular flexibility index (Phi) is 7.52. The molecule has 6 heteroatoms. The Bertz CT molecular complexity index is 568. The van der Waals surface area contributed by atoms with Crippen LogP contribution in [0.1, 0.15) is 24.6 Å². The highest BCUT2D eigenvalue weighted by Gasteiger charge is 2.03. The number of aliphatic imine (C=N–C) groups is 1. The van der Waals surface area contributed by atoms with Crippen LogP contribution in [0.2, 0.25) is 0 Å². The summed E-state index contributed by atoms with van der Waals surface area (Å²) in [4.78, 5) is 11.4. The second kappa shape index (κ2) is 9.94. The number of nitrogens with one attached hydrogen (secondary N) is 2. The number of imidazole rings is 1. The van der Waals surface area contributed by atoms with Gasteiger partial charge in [0.2, 0.25) is 0 Å². The molecule has 0 fully saturated rings. The van der Waals surface area contributed by atoms with Gasteiger partial charge in [-0.3, -0.25) is 4.99 Å². The average Bonchev–Trinajstić information content (AvgIpc) is 3.06. The lowest BCUT2D eigenvalue weighted by molar-refractivity contribution is 0.727. The Hall–Kier alpha value is -1.95. The smallest absolute Gasteiger partial charge is 0.188 e. The van der Waals surface area contributed by atoms with Gasteiger partial charge in [-0.1, -0.05) is 30.3 Å². The van der Waals surface area contributed by atoms with Crippen LogP contribution in [0.4, 0.5) is 0 Å². The molecule has 0 aliphatic carbocycles. The summed E-state index contributed by atoms with van der Waals surface area (Å²) < 4.78 is 0. The van der Waals surface area contributed by atoms with Crippen LogP contribution < -0.4 is 11.1 Å². The van der Waals surface area contributed by atoms with Crippen molar-refractivity contribution >= 4 is 17.7 Å². The van der Waals surface area contributed by atoms with Crippen LogP contribution in [-0.4, -0.2) is 34.3 Å². The summed E-state index contributed by atoms with van der Waals surface area (Å²) in [6, 6.07) is 10.8. The fourth-order valence-electron chi connectivity index (χ4n) is 2.16. The second-order valence-corrected chi connectivity index (χ2v) is 6.52. The summed E-state index contributed by atoms with van der Waals surface area (Å²) in [5.74, 6) is 2.55. The number of rotatable bonds is 9. The molecule has 1 atom stereocenters. The van der Waals surface area contributed by atoms with Gasteiger partial charge >= 0.3 is 0 Å². The van der Waals surface area contributed by atoms with E-state index in [9.17, 15) is 0 Å². The van der Waals surface area contributed by atoms with Gasteiger partial charge in [0.25, 0.3) is 0 Å². The van der Waals surface area contributed by atoms with E-state index in [4.69, 9.17) is 5.73 Å². The van der Waals surface area contributed by atoms with Crippen molar-refractivity contribution < 1.29 is 0 Å². The zero-order chi connectivity index (χ0) is 16.3. The molecule has 0 aliphatic heterocycles. The number of aromatic nitrogens is 2. The first-order valence-corrected chi connectivity index (χ1v) is 9.05. The molecule has 1 heterocycles. The highest BCUT2D eigenvalue weighted by Crippen LogP contribution is 2.12. The van der Waals surface area contributed by atoms with Crippen molar-refractivity contribution in [1.82, 2.24) is 15.3 Å². The lowest BCUT2D eigenvalue weighted by Gasteiger charge is -2.14. The minimum atomic E-state index is 0.306. The largest absolute Gasteiger partial charge is 0.370 e. The van der Waals surface area contributed by atoms with E-state index >= 15 is 0 Å². The quantitative estimate of drug-likeness (QED) is 0.375. The van der Waals surface area contributed by atoms with Gasteiger partial charge in [0.05, 0.1) is 6.33 Å². The van der Waals surface area contributed by atoms with Crippen LogP contribution in [0.25, 0.3) is 0 Å². The molecule has 1 unspecified atom stereocenters. The average molecular weight is 331 g/mol. The van der Waals surface area contributed by atoms with E-state index in [1.807, 2.05) is 24.0 Å². The van der Waals surface area contributed by atoms with Crippen LogP contribution in [0.5, 0.6) is 0 Å². The highest BCUT2D eigenvalue weighted by atomic mass is 32.2. The fourth-order valence-corrected chi connectivity index (χ4v) is 3.14. The number of thioether (sulfide) groups is 1. The molecule has 1 aromatic carbocycles. The summed E-state index contributed by atoms with van der Waals surface area (Å²) >= 11 is 1.90. The van der Waals surface area contributed by atoms with E-state index in [1.54, 1.807) is 6.33 Å². The molecule has 5 nitrogen and oxygen atoms in total. The van der Waals surface area contributed by atoms with Crippen LogP contribution in [0, 0.1) is 0 Å². The number of H-pyrrole nitrogens is 1. The number of guanidine groups is 1. The molecule has 0 bridgehead atoms. The SMILES string of the molecule is CC(CSCc1ccccc1)NC(N)=NCCCc1cnc[nH]1. The van der Waals surface area contributed by atoms with Gasteiger partial charge < -0.3 is 16.0 Å². The number of nitrogens with zero attached hydrogens (tertiary/aromatic N) is 2. The standard InChI is InChI=1S/C17H25N5S/c1-14(11-23-12-15-6-3-2-4-7-15)22-17(18)20-9-5-8-16-10-19-13-21-16/h2-4,6-7,10,13-14H,5,8-9,11-12H2,1H3,(H,19,21)(H3,18,20,22). The topological polar surface area (TPSA) is 79.1 Å². The number of nitrogens with two attached hydrogens (primary N) is 1. The third kappa shape index (κ3) is 7.23. The Balaban J connectivity index is 1.58. The van der Waals surface area contributed by atoms with Crippen molar-refractivity contribution in [1.29, 1.82) is 0 Å². The monoisotopic (exact) mass is 331 g/mol. The van der Waals surface area contributed by atoms with Crippen molar-refractivity contribution in [3.05, 3.63) is 54.1 Å². The normalized spacial score (nSPS) is 13.0. The number of hydrogen-bond donors (Lipinski definition) is 3. The molecule has 0 spiro atoms. The molecule has 0 amide bonds. The number of benzene rings is 1. The Labute approximate surface area is 142 Å². The number of aromatic amines is 1. The molecular formula is C17H25N5S. The fraction of sp³-hybridized carbons (Fsp3) is 0.412. The third-order valence-corrected chi connectivity index (χ3v) is 4.59. The summed E-state index contributed by atoms with van der Waals surface area (Å²) in [6.07, 6.45) is 5.45. The predicted octanol–water partition coefficient (Wildman–Crippen LogP) is 2.57. The predicted molar refractivity (Wildman–Crippen MR) is 98.6 cm³/mol. The van der Waals surface area contributed by atoms with Gasteiger partial charge in [-0.2, -0.15) is 11.8 Å². The maximum atomic E-state index is 5.93. The maximum absolute atomic E-state index is 5.93. The van der Waals surface area contributed by atoms with E-state index in [0.717, 1.165) is 36.6 Å². The van der Waals surface area contributed by atoms with Crippen molar-refractivity contribution in [2.75, 3.05) is 12.3 Å². The molecule has 2 rings (SSSR count). The minimum absolute atomic E-state index is 0.306. The first-order valence-electron chi connectivity index (χ1n) is 7.89. The molecular weight excluding hydrogens is 306 g/mol. The van der Waals surface area contributed by atoms with Crippen LogP contribution in [0.15, 0.2) is 47.8 Å². The molecule has 2 aromatic rings. The summed E-state index contributed by atoms with van der Waals surface area (Å²) in [5, 5.41) is 3.25. The Morgan fingerprint density at radius 1 is 1.39 bits per heavy atom. The molecule has 0 aliphatic rings. The van der Waals surface area contributed by atoms with E-state index in [0.29, 0.717) is 12.0 Å². The van der Waals surface area contributed by atoms with Crippen LogP contribution in [0.3, 0.4) is 0 Å². The first-order chi connectivity index (χ1) is 11.2. The summed E-state index contributed by atoms with van der Waals surface area (Å²) in [5.41, 5.74) is 8.41. The number of hydrogen-bond acceptors (Lipinski definition) is 3. The van der Waals surface area contributed by atoms with E-state index < -0.39 is 0 Å². The lowest BCUT2D eigenvalue weighted by Crippen LogP contribution is -2.39. The second-order valence-electron chi connectivity index (χ2n) is 5.49. The lowest BCUT2D eigenvalue weighted by atomic mass is 10.2. The Morgan fingerprint density at radius 3 is 2.96 bits per heavy atom. The molecule has 23 heavy (non-hydrogen) atoms. The molecule has 0 saturated carbocycles. The van der Waals surface area contributed by atoms with Crippen molar-refractivity contribution in [2.24, 2.45) is 10.7 Å². The van der Waals surface area contributed by atoms with Gasteiger partial charge in [0.1, 0.15) is 0 Å². The van der Waals surface area contributed by atoms with Gasteiger partial charge in [-0.05, 0) is 25.3 Å². The number of aryl methyl sites for hydroxylation is 1. The van der Waals surface area contributed by atoms with Gasteiger partial charge in [-0.15, -0.1) is 0 Å². The Morgan fingerprint density at radius 2 is 2.22 bits per heavy atom. The molecule has 4 N–H and O–H groups in total. The third-order valence-electron chi connectivity index (χ3n) is 3.31.